The zero-order chi connectivity index (χ0) is 14.3. The second-order valence-electron chi connectivity index (χ2n) is 3.81. The number of amides is 1. The Morgan fingerprint density at radius 1 is 1.53 bits per heavy atom. The van der Waals surface area contributed by atoms with Crippen molar-refractivity contribution in [1.82, 2.24) is 9.78 Å². The van der Waals surface area contributed by atoms with Crippen LogP contribution in [0.3, 0.4) is 0 Å². The van der Waals surface area contributed by atoms with E-state index in [4.69, 9.17) is 17.3 Å². The first-order valence-corrected chi connectivity index (χ1v) is 5.71. The van der Waals surface area contributed by atoms with Gasteiger partial charge in [0.15, 0.2) is 17.2 Å². The molecule has 0 aliphatic rings. The molecule has 0 bridgehead atoms. The van der Waals surface area contributed by atoms with E-state index in [9.17, 15) is 19.8 Å². The highest BCUT2D eigenvalue weighted by atomic mass is 35.5. The second-order valence-corrected chi connectivity index (χ2v) is 4.19. The molecule has 0 aliphatic heterocycles. The molecule has 100 valence electrons. The van der Waals surface area contributed by atoms with E-state index < -0.39 is 28.5 Å². The van der Waals surface area contributed by atoms with Crippen molar-refractivity contribution in [3.05, 3.63) is 27.0 Å². The summed E-state index contributed by atoms with van der Waals surface area (Å²) in [5, 5.41) is 22.4. The zero-order valence-electron chi connectivity index (χ0n) is 9.85. The smallest absolute Gasteiger partial charge is 0.273 e. The fraction of sp³-hybridized carbons (Fsp3) is 0.182. The minimum atomic E-state index is -0.988. The van der Waals surface area contributed by atoms with E-state index in [1.54, 1.807) is 6.92 Å². The van der Waals surface area contributed by atoms with E-state index in [0.29, 0.717) is 6.54 Å². The molecular formula is C11H10ClN3O4. The molecule has 1 amide bonds. The normalized spacial score (nSPS) is 10.8. The van der Waals surface area contributed by atoms with E-state index in [2.05, 4.69) is 5.10 Å². The number of fused-ring (bicyclic) bond motifs is 1. The van der Waals surface area contributed by atoms with Crippen LogP contribution in [0.1, 0.15) is 17.4 Å². The van der Waals surface area contributed by atoms with Crippen LogP contribution in [0.25, 0.3) is 10.9 Å². The molecule has 0 saturated carbocycles. The summed E-state index contributed by atoms with van der Waals surface area (Å²) < 4.78 is 1.29. The first-order valence-electron chi connectivity index (χ1n) is 5.33. The van der Waals surface area contributed by atoms with Gasteiger partial charge in [-0.15, -0.1) is 0 Å². The Balaban J connectivity index is 3.09. The van der Waals surface area contributed by atoms with Gasteiger partial charge >= 0.3 is 0 Å². The maximum Gasteiger partial charge on any atom is 0.273 e. The minimum absolute atomic E-state index is 0.109. The zero-order valence-corrected chi connectivity index (χ0v) is 10.6. The Bertz CT molecular complexity index is 754. The number of phenolic OH excluding ortho intramolecular Hbond substituents is 2. The molecule has 0 unspecified atom stereocenters. The Labute approximate surface area is 111 Å². The Morgan fingerprint density at radius 2 is 2.16 bits per heavy atom. The van der Waals surface area contributed by atoms with Crippen molar-refractivity contribution in [2.45, 2.75) is 13.5 Å². The number of nitrogens with zero attached hydrogens (tertiary/aromatic N) is 2. The van der Waals surface area contributed by atoms with Crippen molar-refractivity contribution in [2.75, 3.05) is 0 Å². The summed E-state index contributed by atoms with van der Waals surface area (Å²) in [6.45, 7) is 2.04. The highest BCUT2D eigenvalue weighted by Gasteiger charge is 2.20. The third-order valence-electron chi connectivity index (χ3n) is 2.67. The van der Waals surface area contributed by atoms with Gasteiger partial charge in [-0.2, -0.15) is 5.10 Å². The van der Waals surface area contributed by atoms with E-state index in [1.165, 1.54) is 4.68 Å². The summed E-state index contributed by atoms with van der Waals surface area (Å²) in [5.41, 5.74) is 4.03. The number of phenols is 2. The molecule has 0 saturated heterocycles. The standard InChI is InChI=1S/C11H10ClN3O4/c1-2-15-4-3-5(16)9(17)7(12)6(4)10(18)8(14-15)11(13)19/h3,16-17H,2H2,1H3,(H2,13,19). The number of aromatic nitrogens is 2. The molecule has 4 N–H and O–H groups in total. The van der Waals surface area contributed by atoms with Crippen molar-refractivity contribution >= 4 is 28.4 Å². The average Bonchev–Trinajstić information content (AvgIpc) is 2.35. The topological polar surface area (TPSA) is 118 Å². The monoisotopic (exact) mass is 283 g/mol. The fourth-order valence-corrected chi connectivity index (χ4v) is 2.05. The lowest BCUT2D eigenvalue weighted by molar-refractivity contribution is 0.0992. The predicted octanol–water partition coefficient (Wildman–Crippen LogP) is 0.580. The first-order chi connectivity index (χ1) is 8.88. The Morgan fingerprint density at radius 3 is 2.68 bits per heavy atom. The lowest BCUT2D eigenvalue weighted by atomic mass is 10.1. The van der Waals surface area contributed by atoms with Gasteiger partial charge in [-0.25, -0.2) is 0 Å². The van der Waals surface area contributed by atoms with Crippen LogP contribution in [-0.4, -0.2) is 25.9 Å². The van der Waals surface area contributed by atoms with Crippen LogP contribution in [0.4, 0.5) is 0 Å². The van der Waals surface area contributed by atoms with Crippen LogP contribution in [0, 0.1) is 0 Å². The molecule has 2 aromatic rings. The lowest BCUT2D eigenvalue weighted by Gasteiger charge is -2.11. The molecule has 0 spiro atoms. The van der Waals surface area contributed by atoms with Crippen LogP contribution in [0.2, 0.25) is 5.02 Å². The summed E-state index contributed by atoms with van der Waals surface area (Å²) in [6.07, 6.45) is 0. The number of primary amides is 1. The number of benzene rings is 1. The van der Waals surface area contributed by atoms with Crippen LogP contribution >= 0.6 is 11.6 Å². The van der Waals surface area contributed by atoms with Gasteiger partial charge < -0.3 is 15.9 Å². The number of carbonyl (C=O) groups is 1. The van der Waals surface area contributed by atoms with Crippen LogP contribution in [0.5, 0.6) is 11.5 Å². The van der Waals surface area contributed by atoms with Gasteiger partial charge in [-0.05, 0) is 6.92 Å². The summed E-state index contributed by atoms with van der Waals surface area (Å²) in [4.78, 5) is 23.3. The SMILES string of the molecule is CCn1nc(C(N)=O)c(=O)c2c(Cl)c(O)c(O)cc21. The van der Waals surface area contributed by atoms with Gasteiger partial charge in [0.2, 0.25) is 5.43 Å². The van der Waals surface area contributed by atoms with Crippen LogP contribution in [0.15, 0.2) is 10.9 Å². The summed E-state index contributed by atoms with van der Waals surface area (Å²) in [7, 11) is 0. The molecule has 0 fully saturated rings. The number of carbonyl (C=O) groups excluding carboxylic acids is 1. The molecule has 19 heavy (non-hydrogen) atoms. The van der Waals surface area contributed by atoms with Crippen molar-refractivity contribution in [3.63, 3.8) is 0 Å². The maximum atomic E-state index is 12.1. The Hall–Kier alpha value is -2.28. The summed E-state index contributed by atoms with van der Waals surface area (Å²) in [5.74, 6) is -2.10. The number of nitrogens with two attached hydrogens (primary N) is 1. The van der Waals surface area contributed by atoms with E-state index in [1.807, 2.05) is 0 Å². The van der Waals surface area contributed by atoms with Crippen molar-refractivity contribution in [3.8, 4) is 11.5 Å². The highest BCUT2D eigenvalue weighted by molar-refractivity contribution is 6.37. The minimum Gasteiger partial charge on any atom is -0.504 e. The van der Waals surface area contributed by atoms with Crippen LogP contribution < -0.4 is 11.2 Å². The van der Waals surface area contributed by atoms with Crippen molar-refractivity contribution in [1.29, 1.82) is 0 Å². The van der Waals surface area contributed by atoms with Crippen LogP contribution in [-0.2, 0) is 6.54 Å². The third-order valence-corrected chi connectivity index (χ3v) is 3.04. The molecule has 8 heteroatoms. The van der Waals surface area contributed by atoms with E-state index in [-0.39, 0.29) is 15.9 Å². The van der Waals surface area contributed by atoms with E-state index >= 15 is 0 Å². The third kappa shape index (κ3) is 1.88. The quantitative estimate of drug-likeness (QED) is 0.697. The molecule has 7 nitrogen and oxygen atoms in total. The summed E-state index contributed by atoms with van der Waals surface area (Å²) >= 11 is 5.84. The predicted molar refractivity (Wildman–Crippen MR) is 68.5 cm³/mol. The van der Waals surface area contributed by atoms with Gasteiger partial charge in [-0.3, -0.25) is 14.3 Å². The van der Waals surface area contributed by atoms with Gasteiger partial charge in [0.05, 0.1) is 15.9 Å². The fourth-order valence-electron chi connectivity index (χ4n) is 1.77. The largest absolute Gasteiger partial charge is 0.504 e. The highest BCUT2D eigenvalue weighted by Crippen LogP contribution is 2.37. The molecule has 0 aliphatic carbocycles. The van der Waals surface area contributed by atoms with Gasteiger partial charge in [0.25, 0.3) is 5.91 Å². The average molecular weight is 284 g/mol. The second kappa shape index (κ2) is 4.43. The number of aryl methyl sites for hydroxylation is 1. The number of rotatable bonds is 2. The van der Waals surface area contributed by atoms with Crippen molar-refractivity contribution in [2.24, 2.45) is 5.73 Å². The number of hydrogen-bond donors (Lipinski definition) is 3. The lowest BCUT2D eigenvalue weighted by Crippen LogP contribution is -2.27. The molecular weight excluding hydrogens is 274 g/mol. The van der Waals surface area contributed by atoms with Crippen molar-refractivity contribution < 1.29 is 15.0 Å². The molecule has 0 atom stereocenters. The number of aromatic hydroxyl groups is 2. The van der Waals surface area contributed by atoms with Gasteiger partial charge in [-0.1, -0.05) is 11.6 Å². The van der Waals surface area contributed by atoms with Gasteiger partial charge in [0, 0.05) is 12.6 Å². The van der Waals surface area contributed by atoms with Gasteiger partial charge in [0.1, 0.15) is 0 Å². The molecule has 1 aromatic carbocycles. The molecule has 2 rings (SSSR count). The molecule has 1 heterocycles. The number of halogens is 1. The molecule has 0 radical (unpaired) electrons. The molecule has 1 aromatic heterocycles. The Kier molecular flexibility index (Phi) is 3.07. The maximum absolute atomic E-state index is 12.1. The van der Waals surface area contributed by atoms with E-state index in [0.717, 1.165) is 6.07 Å². The number of hydrogen-bond acceptors (Lipinski definition) is 5. The summed E-state index contributed by atoms with van der Waals surface area (Å²) in [6, 6.07) is 1.15. The first kappa shape index (κ1) is 13.2.